The SMILES string of the molecule is COC(=O)C(CSC)NC(=O)C1=C(O)C(O)=C(C(=O)NC(CSC)C(=O)OC)C1. The minimum absolute atomic E-state index is 0.231. The number of carbonyl (C=O) groups is 4. The van der Waals surface area contributed by atoms with Crippen LogP contribution in [0.15, 0.2) is 22.7 Å². The Bertz CT molecular complexity index is 675. The van der Waals surface area contributed by atoms with E-state index in [9.17, 15) is 29.4 Å². The lowest BCUT2D eigenvalue weighted by Crippen LogP contribution is -2.44. The first-order valence-electron chi connectivity index (χ1n) is 8.31. The molecule has 0 spiro atoms. The van der Waals surface area contributed by atoms with Gasteiger partial charge in [-0.05, 0) is 12.5 Å². The minimum atomic E-state index is -0.965. The number of aliphatic hydroxyl groups excluding tert-OH is 2. The predicted molar refractivity (Wildman–Crippen MR) is 109 cm³/mol. The largest absolute Gasteiger partial charge is 0.504 e. The van der Waals surface area contributed by atoms with Gasteiger partial charge in [-0.25, -0.2) is 9.59 Å². The molecule has 10 nitrogen and oxygen atoms in total. The van der Waals surface area contributed by atoms with E-state index in [0.717, 1.165) is 0 Å². The number of hydrogen-bond donors (Lipinski definition) is 4. The molecule has 0 saturated carbocycles. The molecule has 0 fully saturated rings. The molecule has 0 aromatic carbocycles. The van der Waals surface area contributed by atoms with Crippen molar-refractivity contribution >= 4 is 47.3 Å². The Morgan fingerprint density at radius 2 is 1.21 bits per heavy atom. The maximum atomic E-state index is 12.5. The summed E-state index contributed by atoms with van der Waals surface area (Å²) in [5.74, 6) is -4.05. The van der Waals surface area contributed by atoms with Crippen LogP contribution < -0.4 is 10.6 Å². The number of rotatable bonds is 10. The lowest BCUT2D eigenvalue weighted by molar-refractivity contribution is -0.144. The van der Waals surface area contributed by atoms with Gasteiger partial charge in [0.05, 0.1) is 25.4 Å². The fourth-order valence-electron chi connectivity index (χ4n) is 2.45. The van der Waals surface area contributed by atoms with Gasteiger partial charge in [0, 0.05) is 17.9 Å². The fourth-order valence-corrected chi connectivity index (χ4v) is 3.56. The van der Waals surface area contributed by atoms with Gasteiger partial charge in [0.1, 0.15) is 12.1 Å². The quantitative estimate of drug-likeness (QED) is 0.338. The van der Waals surface area contributed by atoms with Gasteiger partial charge in [-0.15, -0.1) is 0 Å². The van der Waals surface area contributed by atoms with Gasteiger partial charge >= 0.3 is 11.9 Å². The third-order valence-corrected chi connectivity index (χ3v) is 5.28. The molecular formula is C17H24N2O8S2. The second-order valence-corrected chi connectivity index (χ2v) is 7.66. The molecular weight excluding hydrogens is 424 g/mol. The predicted octanol–water partition coefficient (Wildman–Crippen LogP) is 0.0559. The molecule has 0 bridgehead atoms. The van der Waals surface area contributed by atoms with Crippen molar-refractivity contribution in [1.82, 2.24) is 10.6 Å². The van der Waals surface area contributed by atoms with Gasteiger partial charge in [-0.1, -0.05) is 0 Å². The van der Waals surface area contributed by atoms with Crippen LogP contribution in [-0.4, -0.2) is 84.3 Å². The molecule has 1 aliphatic rings. The van der Waals surface area contributed by atoms with E-state index < -0.39 is 47.4 Å². The number of hydrogen-bond acceptors (Lipinski definition) is 10. The Morgan fingerprint density at radius 3 is 1.48 bits per heavy atom. The van der Waals surface area contributed by atoms with E-state index in [1.165, 1.54) is 37.7 Å². The first-order chi connectivity index (χ1) is 13.7. The summed E-state index contributed by atoms with van der Waals surface area (Å²) in [6.45, 7) is 0. The normalized spacial score (nSPS) is 15.6. The van der Waals surface area contributed by atoms with E-state index in [0.29, 0.717) is 0 Å². The van der Waals surface area contributed by atoms with Gasteiger partial charge in [0.2, 0.25) is 0 Å². The van der Waals surface area contributed by atoms with E-state index in [1.54, 1.807) is 12.5 Å². The fraction of sp³-hybridized carbons (Fsp3) is 0.529. The molecule has 12 heteroatoms. The smallest absolute Gasteiger partial charge is 0.329 e. The summed E-state index contributed by atoms with van der Waals surface area (Å²) in [5, 5.41) is 25.0. The molecule has 1 rings (SSSR count). The number of ether oxygens (including phenoxy) is 2. The van der Waals surface area contributed by atoms with Crippen LogP contribution in [0.3, 0.4) is 0 Å². The maximum Gasteiger partial charge on any atom is 0.329 e. The molecule has 0 aromatic heterocycles. The van der Waals surface area contributed by atoms with Crippen molar-refractivity contribution in [3.8, 4) is 0 Å². The number of methoxy groups -OCH3 is 2. The monoisotopic (exact) mass is 448 g/mol. The molecule has 0 heterocycles. The summed E-state index contributed by atoms with van der Waals surface area (Å²) in [4.78, 5) is 48.4. The number of thioether (sulfide) groups is 2. The minimum Gasteiger partial charge on any atom is -0.504 e. The van der Waals surface area contributed by atoms with Crippen LogP contribution >= 0.6 is 23.5 Å². The Morgan fingerprint density at radius 1 is 0.862 bits per heavy atom. The molecule has 0 aromatic rings. The van der Waals surface area contributed by atoms with Crippen molar-refractivity contribution in [1.29, 1.82) is 0 Å². The molecule has 0 saturated heterocycles. The van der Waals surface area contributed by atoms with Crippen LogP contribution in [0.1, 0.15) is 6.42 Å². The highest BCUT2D eigenvalue weighted by molar-refractivity contribution is 7.98. The zero-order chi connectivity index (χ0) is 22.1. The summed E-state index contributed by atoms with van der Waals surface area (Å²) >= 11 is 2.59. The van der Waals surface area contributed by atoms with Gasteiger partial charge < -0.3 is 30.3 Å². The summed E-state index contributed by atoms with van der Waals surface area (Å²) in [7, 11) is 2.35. The third-order valence-electron chi connectivity index (χ3n) is 3.95. The zero-order valence-corrected chi connectivity index (χ0v) is 18.1. The van der Waals surface area contributed by atoms with Crippen LogP contribution in [0.4, 0.5) is 0 Å². The molecule has 4 N–H and O–H groups in total. The lowest BCUT2D eigenvalue weighted by Gasteiger charge is -2.17. The average Bonchev–Trinajstić information content (AvgIpc) is 3.00. The van der Waals surface area contributed by atoms with Crippen LogP contribution in [0.25, 0.3) is 0 Å². The topological polar surface area (TPSA) is 151 Å². The summed E-state index contributed by atoms with van der Waals surface area (Å²) < 4.78 is 9.24. The first kappa shape index (κ1) is 24.7. The molecule has 29 heavy (non-hydrogen) atoms. The highest BCUT2D eigenvalue weighted by atomic mass is 32.2. The van der Waals surface area contributed by atoms with Crippen LogP contribution in [0.5, 0.6) is 0 Å². The molecule has 162 valence electrons. The van der Waals surface area contributed by atoms with Crippen molar-refractivity contribution in [3.05, 3.63) is 22.7 Å². The second-order valence-electron chi connectivity index (χ2n) is 5.84. The van der Waals surface area contributed by atoms with Crippen molar-refractivity contribution < 1.29 is 38.9 Å². The number of amides is 2. The molecule has 2 atom stereocenters. The van der Waals surface area contributed by atoms with Crippen molar-refractivity contribution in [2.75, 3.05) is 38.2 Å². The van der Waals surface area contributed by atoms with E-state index in [4.69, 9.17) is 0 Å². The Labute approximate surface area is 176 Å². The summed E-state index contributed by atoms with van der Waals surface area (Å²) in [6, 6.07) is -1.93. The zero-order valence-electron chi connectivity index (χ0n) is 16.4. The van der Waals surface area contributed by atoms with E-state index in [2.05, 4.69) is 20.1 Å². The van der Waals surface area contributed by atoms with Gasteiger partial charge in [-0.3, -0.25) is 9.59 Å². The molecule has 0 radical (unpaired) electrons. The van der Waals surface area contributed by atoms with Crippen LogP contribution in [-0.2, 0) is 28.7 Å². The van der Waals surface area contributed by atoms with Crippen LogP contribution in [0, 0.1) is 0 Å². The second kappa shape index (κ2) is 11.6. The first-order valence-corrected chi connectivity index (χ1v) is 11.1. The Hall–Kier alpha value is -2.34. The van der Waals surface area contributed by atoms with Gasteiger partial charge in [0.15, 0.2) is 11.5 Å². The highest BCUT2D eigenvalue weighted by Crippen LogP contribution is 2.29. The number of aliphatic hydroxyl groups is 2. The lowest BCUT2D eigenvalue weighted by atomic mass is 10.1. The van der Waals surface area contributed by atoms with E-state index in [1.807, 2.05) is 0 Å². The summed E-state index contributed by atoms with van der Waals surface area (Å²) in [6.07, 6.45) is 3.09. The average molecular weight is 449 g/mol. The van der Waals surface area contributed by atoms with Crippen molar-refractivity contribution in [2.24, 2.45) is 0 Å². The molecule has 2 amide bonds. The summed E-state index contributed by atoms with van der Waals surface area (Å²) in [5.41, 5.74) is -0.552. The number of esters is 2. The standard InChI is InChI=1S/C17H24N2O8S2/c1-26-16(24)10(6-28-3)18-14(22)8-5-9(13(21)12(8)20)15(23)19-11(7-29-4)17(25)27-2/h10-11,20-21H,5-7H2,1-4H3,(H,18,22)(H,19,23). The Kier molecular flexibility index (Phi) is 9.89. The van der Waals surface area contributed by atoms with Crippen molar-refractivity contribution in [3.63, 3.8) is 0 Å². The highest BCUT2D eigenvalue weighted by Gasteiger charge is 2.35. The third kappa shape index (κ3) is 6.32. The maximum absolute atomic E-state index is 12.5. The number of nitrogens with one attached hydrogen (secondary N) is 2. The number of carbonyl (C=O) groups excluding carboxylic acids is 4. The van der Waals surface area contributed by atoms with Gasteiger partial charge in [-0.2, -0.15) is 23.5 Å². The Balaban J connectivity index is 2.91. The molecule has 0 aliphatic heterocycles. The molecule has 2 unspecified atom stereocenters. The van der Waals surface area contributed by atoms with E-state index >= 15 is 0 Å². The van der Waals surface area contributed by atoms with Crippen LogP contribution in [0.2, 0.25) is 0 Å². The molecule has 1 aliphatic carbocycles. The van der Waals surface area contributed by atoms with Crippen molar-refractivity contribution in [2.45, 2.75) is 18.5 Å². The van der Waals surface area contributed by atoms with E-state index in [-0.39, 0.29) is 29.1 Å². The van der Waals surface area contributed by atoms with Gasteiger partial charge in [0.25, 0.3) is 11.8 Å².